The van der Waals surface area contributed by atoms with Crippen LogP contribution in [0.25, 0.3) is 0 Å². The van der Waals surface area contributed by atoms with Crippen LogP contribution < -0.4 is 9.80 Å². The van der Waals surface area contributed by atoms with Crippen molar-refractivity contribution in [3.8, 4) is 0 Å². The fourth-order valence-electron chi connectivity index (χ4n) is 5.19. The Bertz CT molecular complexity index is 1390. The van der Waals surface area contributed by atoms with Gasteiger partial charge in [-0.2, -0.15) is 0 Å². The predicted molar refractivity (Wildman–Crippen MR) is 164 cm³/mol. The summed E-state index contributed by atoms with van der Waals surface area (Å²) < 4.78 is 0. The number of benzene rings is 5. The molecule has 0 bridgehead atoms. The van der Waals surface area contributed by atoms with Gasteiger partial charge in [-0.25, -0.2) is 0 Å². The van der Waals surface area contributed by atoms with Crippen LogP contribution in [-0.2, 0) is 0 Å². The minimum absolute atomic E-state index is 1.17. The molecule has 5 rings (SSSR count). The minimum Gasteiger partial charge on any atom is -0.310 e. The van der Waals surface area contributed by atoms with Crippen LogP contribution in [0.2, 0.25) is 0 Å². The van der Waals surface area contributed by atoms with Crippen LogP contribution in [-0.4, -0.2) is 0 Å². The van der Waals surface area contributed by atoms with Crippen molar-refractivity contribution in [3.05, 3.63) is 143 Å². The standard InChI is InChI=1S/C36H36N2/c1-25-11-7-15-31(19-25)37(32-16-8-12-26(2)20-32)35-23-30(6)36(24-29(35)5)38(33-17-9-13-27(3)21-33)34-18-10-14-28(4)22-34/h7-24H,1-6H3. The molecule has 0 saturated heterocycles. The Morgan fingerprint density at radius 3 is 0.842 bits per heavy atom. The molecule has 0 aliphatic rings. The number of hydrogen-bond donors (Lipinski definition) is 0. The zero-order chi connectivity index (χ0) is 26.8. The molecule has 0 unspecified atom stereocenters. The van der Waals surface area contributed by atoms with E-state index < -0.39 is 0 Å². The Balaban J connectivity index is 1.70. The quantitative estimate of drug-likeness (QED) is 0.231. The first-order valence-electron chi connectivity index (χ1n) is 13.3. The fourth-order valence-corrected chi connectivity index (χ4v) is 5.19. The van der Waals surface area contributed by atoms with Crippen LogP contribution >= 0.6 is 0 Å². The molecule has 0 atom stereocenters. The monoisotopic (exact) mass is 496 g/mol. The molecular weight excluding hydrogens is 460 g/mol. The largest absolute Gasteiger partial charge is 0.310 e. The molecule has 0 heterocycles. The van der Waals surface area contributed by atoms with Crippen molar-refractivity contribution in [2.45, 2.75) is 41.5 Å². The first kappa shape index (κ1) is 25.4. The van der Waals surface area contributed by atoms with Crippen LogP contribution in [0.4, 0.5) is 34.1 Å². The molecule has 0 fully saturated rings. The second-order valence-corrected chi connectivity index (χ2v) is 10.5. The van der Waals surface area contributed by atoms with Crippen molar-refractivity contribution in [1.29, 1.82) is 0 Å². The highest BCUT2D eigenvalue weighted by Gasteiger charge is 2.20. The van der Waals surface area contributed by atoms with Gasteiger partial charge in [0.25, 0.3) is 0 Å². The Hall–Kier alpha value is -4.30. The van der Waals surface area contributed by atoms with Crippen molar-refractivity contribution >= 4 is 34.1 Å². The van der Waals surface area contributed by atoms with Gasteiger partial charge in [0, 0.05) is 34.1 Å². The molecule has 0 aromatic heterocycles. The average molecular weight is 497 g/mol. The van der Waals surface area contributed by atoms with Gasteiger partial charge in [0.05, 0.1) is 0 Å². The van der Waals surface area contributed by atoms with Gasteiger partial charge < -0.3 is 9.80 Å². The van der Waals surface area contributed by atoms with E-state index in [1.54, 1.807) is 0 Å². The van der Waals surface area contributed by atoms with Crippen LogP contribution in [0, 0.1) is 41.5 Å². The molecule has 2 heteroatoms. The summed E-state index contributed by atoms with van der Waals surface area (Å²) in [4.78, 5) is 4.77. The second kappa shape index (κ2) is 10.6. The molecule has 0 radical (unpaired) electrons. The van der Waals surface area contributed by atoms with E-state index in [9.17, 15) is 0 Å². The van der Waals surface area contributed by atoms with Gasteiger partial charge in [-0.05, 0) is 136 Å². The van der Waals surface area contributed by atoms with Gasteiger partial charge >= 0.3 is 0 Å². The highest BCUT2D eigenvalue weighted by Crippen LogP contribution is 2.43. The lowest BCUT2D eigenvalue weighted by Gasteiger charge is -2.32. The second-order valence-electron chi connectivity index (χ2n) is 10.5. The van der Waals surface area contributed by atoms with E-state index >= 15 is 0 Å². The van der Waals surface area contributed by atoms with Crippen molar-refractivity contribution in [3.63, 3.8) is 0 Å². The van der Waals surface area contributed by atoms with E-state index in [2.05, 4.69) is 161 Å². The maximum Gasteiger partial charge on any atom is 0.0494 e. The Labute approximate surface area is 227 Å². The molecule has 0 spiro atoms. The maximum absolute atomic E-state index is 2.38. The summed E-state index contributed by atoms with van der Waals surface area (Å²) in [6, 6.07) is 39.7. The zero-order valence-corrected chi connectivity index (χ0v) is 23.3. The Kier molecular flexibility index (Phi) is 7.07. The minimum atomic E-state index is 1.17. The molecule has 0 aliphatic carbocycles. The van der Waals surface area contributed by atoms with Crippen LogP contribution in [0.3, 0.4) is 0 Å². The topological polar surface area (TPSA) is 6.48 Å². The number of nitrogens with zero attached hydrogens (tertiary/aromatic N) is 2. The summed E-state index contributed by atoms with van der Waals surface area (Å²) in [5.74, 6) is 0. The van der Waals surface area contributed by atoms with Gasteiger partial charge in [-0.3, -0.25) is 0 Å². The summed E-state index contributed by atoms with van der Waals surface area (Å²) in [6.45, 7) is 13.1. The van der Waals surface area contributed by atoms with Crippen LogP contribution in [0.5, 0.6) is 0 Å². The molecule has 0 amide bonds. The van der Waals surface area contributed by atoms with Gasteiger partial charge in [0.1, 0.15) is 0 Å². The molecule has 0 aliphatic heterocycles. The van der Waals surface area contributed by atoms with Crippen molar-refractivity contribution < 1.29 is 0 Å². The number of aryl methyl sites for hydroxylation is 6. The first-order valence-corrected chi connectivity index (χ1v) is 13.3. The lowest BCUT2D eigenvalue weighted by Crippen LogP contribution is -2.15. The first-order chi connectivity index (χ1) is 18.3. The van der Waals surface area contributed by atoms with Crippen molar-refractivity contribution in [2.75, 3.05) is 9.80 Å². The lowest BCUT2D eigenvalue weighted by atomic mass is 10.0. The summed E-state index contributed by atoms with van der Waals surface area (Å²) in [5, 5.41) is 0. The van der Waals surface area contributed by atoms with E-state index in [0.717, 1.165) is 0 Å². The predicted octanol–water partition coefficient (Wildman–Crippen LogP) is 10.5. The third kappa shape index (κ3) is 5.21. The molecule has 0 saturated carbocycles. The average Bonchev–Trinajstić information content (AvgIpc) is 2.87. The number of anilines is 6. The highest BCUT2D eigenvalue weighted by atomic mass is 15.2. The SMILES string of the molecule is Cc1cccc(N(c2cccc(C)c2)c2cc(C)c(N(c3cccc(C)c3)c3cccc(C)c3)cc2C)c1. The molecular formula is C36H36N2. The van der Waals surface area contributed by atoms with Crippen LogP contribution in [0.15, 0.2) is 109 Å². The normalized spacial score (nSPS) is 10.9. The van der Waals surface area contributed by atoms with Gasteiger partial charge in [-0.1, -0.05) is 48.5 Å². The van der Waals surface area contributed by atoms with Gasteiger partial charge in [0.15, 0.2) is 0 Å². The third-order valence-corrected chi connectivity index (χ3v) is 7.04. The third-order valence-electron chi connectivity index (χ3n) is 7.04. The summed E-state index contributed by atoms with van der Waals surface area (Å²) in [6.07, 6.45) is 0. The Morgan fingerprint density at radius 2 is 0.605 bits per heavy atom. The van der Waals surface area contributed by atoms with Crippen molar-refractivity contribution in [2.24, 2.45) is 0 Å². The van der Waals surface area contributed by atoms with E-state index in [1.165, 1.54) is 67.5 Å². The van der Waals surface area contributed by atoms with Crippen molar-refractivity contribution in [1.82, 2.24) is 0 Å². The highest BCUT2D eigenvalue weighted by molar-refractivity contribution is 5.85. The van der Waals surface area contributed by atoms with Gasteiger partial charge in [0.2, 0.25) is 0 Å². The number of rotatable bonds is 6. The van der Waals surface area contributed by atoms with E-state index in [4.69, 9.17) is 0 Å². The summed E-state index contributed by atoms with van der Waals surface area (Å²) >= 11 is 0. The molecule has 2 nitrogen and oxygen atoms in total. The Morgan fingerprint density at radius 1 is 0.342 bits per heavy atom. The van der Waals surface area contributed by atoms with E-state index in [1.807, 2.05) is 0 Å². The molecule has 5 aromatic carbocycles. The van der Waals surface area contributed by atoms with Crippen LogP contribution in [0.1, 0.15) is 33.4 Å². The van der Waals surface area contributed by atoms with E-state index in [-0.39, 0.29) is 0 Å². The molecule has 190 valence electrons. The summed E-state index contributed by atoms with van der Waals surface area (Å²) in [5.41, 5.74) is 14.5. The van der Waals surface area contributed by atoms with Gasteiger partial charge in [-0.15, -0.1) is 0 Å². The number of hydrogen-bond acceptors (Lipinski definition) is 2. The zero-order valence-electron chi connectivity index (χ0n) is 23.3. The molecule has 38 heavy (non-hydrogen) atoms. The summed E-state index contributed by atoms with van der Waals surface area (Å²) in [7, 11) is 0. The molecule has 0 N–H and O–H groups in total. The smallest absolute Gasteiger partial charge is 0.0494 e. The fraction of sp³-hybridized carbons (Fsp3) is 0.167. The lowest BCUT2D eigenvalue weighted by molar-refractivity contribution is 1.19. The maximum atomic E-state index is 2.38. The molecule has 5 aromatic rings. The van der Waals surface area contributed by atoms with E-state index in [0.29, 0.717) is 0 Å².